The average molecular weight is 316 g/mol. The van der Waals surface area contributed by atoms with Crippen LogP contribution < -0.4 is 0 Å². The van der Waals surface area contributed by atoms with Crippen LogP contribution in [0.1, 0.15) is 13.8 Å². The molecule has 0 aromatic heterocycles. The van der Waals surface area contributed by atoms with Gasteiger partial charge in [-0.25, -0.2) is 13.2 Å². The van der Waals surface area contributed by atoms with Crippen LogP contribution in [0.4, 0.5) is 13.2 Å². The van der Waals surface area contributed by atoms with Crippen LogP contribution in [0.2, 0.25) is 0 Å². The lowest BCUT2D eigenvalue weighted by Crippen LogP contribution is -2.47. The van der Waals surface area contributed by atoms with Gasteiger partial charge < -0.3 is 5.11 Å². The largest absolute Gasteiger partial charge is 0.480 e. The van der Waals surface area contributed by atoms with E-state index in [1.54, 1.807) is 0 Å². The standard InChI is InChI=1S/C9H12Cl3F3O2/c1-9(2,6(12)8(16)17)5(11)3(10)4(13)7(14)15/h3-7H,1-2H3,(H,16,17). The Labute approximate surface area is 112 Å². The minimum Gasteiger partial charge on any atom is -0.480 e. The first kappa shape index (κ1) is 17.1. The Morgan fingerprint density at radius 2 is 1.59 bits per heavy atom. The Bertz CT molecular complexity index is 276. The molecule has 0 saturated carbocycles. The van der Waals surface area contributed by atoms with Gasteiger partial charge >= 0.3 is 5.97 Å². The van der Waals surface area contributed by atoms with Crippen molar-refractivity contribution >= 4 is 40.8 Å². The lowest BCUT2D eigenvalue weighted by atomic mass is 9.82. The Kier molecular flexibility index (Phi) is 6.39. The fraction of sp³-hybridized carbons (Fsp3) is 0.889. The van der Waals surface area contributed by atoms with Crippen LogP contribution in [0.3, 0.4) is 0 Å². The van der Waals surface area contributed by atoms with Crippen molar-refractivity contribution < 1.29 is 23.1 Å². The molecule has 2 nitrogen and oxygen atoms in total. The minimum absolute atomic E-state index is 1.32. The maximum Gasteiger partial charge on any atom is 0.322 e. The topological polar surface area (TPSA) is 37.3 Å². The molecule has 4 unspecified atom stereocenters. The van der Waals surface area contributed by atoms with E-state index < -0.39 is 40.1 Å². The summed E-state index contributed by atoms with van der Waals surface area (Å²) in [6, 6.07) is 0. The number of carboxylic acids is 1. The molecule has 0 spiro atoms. The summed E-state index contributed by atoms with van der Waals surface area (Å²) in [7, 11) is 0. The second-order valence-corrected chi connectivity index (χ2v) is 5.56. The summed E-state index contributed by atoms with van der Waals surface area (Å²) in [6.45, 7) is 2.65. The van der Waals surface area contributed by atoms with Gasteiger partial charge in [0.15, 0.2) is 6.17 Å². The van der Waals surface area contributed by atoms with Crippen molar-refractivity contribution in [2.75, 3.05) is 0 Å². The number of aliphatic carboxylic acids is 1. The zero-order chi connectivity index (χ0) is 14.0. The highest BCUT2D eigenvalue weighted by Crippen LogP contribution is 2.39. The molecule has 0 rings (SSSR count). The summed E-state index contributed by atoms with van der Waals surface area (Å²) < 4.78 is 37.2. The quantitative estimate of drug-likeness (QED) is 0.761. The molecule has 0 amide bonds. The molecular weight excluding hydrogens is 303 g/mol. The van der Waals surface area contributed by atoms with Gasteiger partial charge in [0, 0.05) is 5.41 Å². The van der Waals surface area contributed by atoms with E-state index in [1.165, 1.54) is 13.8 Å². The van der Waals surface area contributed by atoms with Gasteiger partial charge in [-0.2, -0.15) is 0 Å². The zero-order valence-corrected chi connectivity index (χ0v) is 11.3. The van der Waals surface area contributed by atoms with E-state index in [-0.39, 0.29) is 0 Å². The number of carboxylic acid groups (broad SMARTS) is 1. The highest BCUT2D eigenvalue weighted by molar-refractivity contribution is 6.33. The molecule has 4 atom stereocenters. The first-order chi connectivity index (χ1) is 7.53. The SMILES string of the molecule is CC(C)(C(Cl)C(=O)O)C(Cl)C(Cl)C(F)C(F)F. The predicted octanol–water partition coefficient (Wildman–Crippen LogP) is 3.52. The zero-order valence-electron chi connectivity index (χ0n) is 9.01. The third-order valence-corrected chi connectivity index (χ3v) is 4.61. The van der Waals surface area contributed by atoms with Crippen LogP contribution in [0, 0.1) is 5.41 Å². The Balaban J connectivity index is 4.90. The van der Waals surface area contributed by atoms with Crippen molar-refractivity contribution in [2.24, 2.45) is 5.41 Å². The van der Waals surface area contributed by atoms with Gasteiger partial charge in [0.25, 0.3) is 6.43 Å². The van der Waals surface area contributed by atoms with Crippen molar-refractivity contribution in [3.8, 4) is 0 Å². The Hall–Kier alpha value is 0.130. The molecule has 0 aromatic carbocycles. The molecule has 8 heteroatoms. The van der Waals surface area contributed by atoms with E-state index in [0.717, 1.165) is 0 Å². The number of rotatable bonds is 6. The third kappa shape index (κ3) is 4.07. The Morgan fingerprint density at radius 1 is 1.18 bits per heavy atom. The van der Waals surface area contributed by atoms with Gasteiger partial charge in [-0.15, -0.1) is 34.8 Å². The fourth-order valence-electron chi connectivity index (χ4n) is 1.17. The number of carbonyl (C=O) groups is 1. The van der Waals surface area contributed by atoms with E-state index in [1.807, 2.05) is 0 Å². The van der Waals surface area contributed by atoms with Crippen LogP contribution in [0.5, 0.6) is 0 Å². The number of hydrogen-bond donors (Lipinski definition) is 1. The molecule has 0 bridgehead atoms. The van der Waals surface area contributed by atoms with Crippen LogP contribution >= 0.6 is 34.8 Å². The van der Waals surface area contributed by atoms with Gasteiger partial charge in [-0.1, -0.05) is 13.8 Å². The lowest BCUT2D eigenvalue weighted by molar-refractivity contribution is -0.138. The van der Waals surface area contributed by atoms with Crippen LogP contribution in [0.25, 0.3) is 0 Å². The highest BCUT2D eigenvalue weighted by Gasteiger charge is 2.46. The number of hydrogen-bond acceptors (Lipinski definition) is 1. The molecule has 0 aliphatic heterocycles. The van der Waals surface area contributed by atoms with Gasteiger partial charge in [-0.05, 0) is 0 Å². The molecule has 1 N–H and O–H groups in total. The minimum atomic E-state index is -3.28. The Morgan fingerprint density at radius 3 is 1.88 bits per heavy atom. The first-order valence-electron chi connectivity index (χ1n) is 4.60. The highest BCUT2D eigenvalue weighted by atomic mass is 35.5. The van der Waals surface area contributed by atoms with Crippen LogP contribution in [-0.4, -0.2) is 39.8 Å². The molecule has 0 aliphatic rings. The van der Waals surface area contributed by atoms with Gasteiger partial charge in [-0.3, -0.25) is 4.79 Å². The van der Waals surface area contributed by atoms with Crippen molar-refractivity contribution in [3.63, 3.8) is 0 Å². The second kappa shape index (κ2) is 6.34. The van der Waals surface area contributed by atoms with E-state index in [0.29, 0.717) is 0 Å². The van der Waals surface area contributed by atoms with Gasteiger partial charge in [0.05, 0.1) is 10.8 Å². The maximum absolute atomic E-state index is 13.0. The molecule has 0 saturated heterocycles. The van der Waals surface area contributed by atoms with E-state index in [2.05, 4.69) is 0 Å². The van der Waals surface area contributed by atoms with Crippen LogP contribution in [0.15, 0.2) is 0 Å². The summed E-state index contributed by atoms with van der Waals surface area (Å²) >= 11 is 16.8. The monoisotopic (exact) mass is 314 g/mol. The third-order valence-electron chi connectivity index (χ3n) is 2.41. The summed E-state index contributed by atoms with van der Waals surface area (Å²) in [4.78, 5) is 10.7. The molecule has 0 aromatic rings. The fourth-order valence-corrected chi connectivity index (χ4v) is 2.07. The molecule has 0 aliphatic carbocycles. The summed E-state index contributed by atoms with van der Waals surface area (Å²) in [5, 5.41) is 4.17. The van der Waals surface area contributed by atoms with Crippen molar-refractivity contribution in [1.82, 2.24) is 0 Å². The second-order valence-electron chi connectivity index (χ2n) is 4.15. The van der Waals surface area contributed by atoms with Crippen molar-refractivity contribution in [3.05, 3.63) is 0 Å². The first-order valence-corrected chi connectivity index (χ1v) is 5.91. The smallest absolute Gasteiger partial charge is 0.322 e. The molecular formula is C9H12Cl3F3O2. The lowest BCUT2D eigenvalue weighted by Gasteiger charge is -2.35. The van der Waals surface area contributed by atoms with E-state index >= 15 is 0 Å². The van der Waals surface area contributed by atoms with E-state index in [9.17, 15) is 18.0 Å². The molecule has 0 fully saturated rings. The van der Waals surface area contributed by atoms with Crippen molar-refractivity contribution in [2.45, 2.75) is 42.6 Å². The van der Waals surface area contributed by atoms with E-state index in [4.69, 9.17) is 39.9 Å². The summed E-state index contributed by atoms with van der Waals surface area (Å²) in [5.74, 6) is -1.38. The summed E-state index contributed by atoms with van der Waals surface area (Å²) in [6.07, 6.45) is -5.93. The average Bonchev–Trinajstić information content (AvgIpc) is 2.24. The maximum atomic E-state index is 13.0. The number of alkyl halides is 6. The predicted molar refractivity (Wildman–Crippen MR) is 61.2 cm³/mol. The normalized spacial score (nSPS) is 19.8. The van der Waals surface area contributed by atoms with Gasteiger partial charge in [0.2, 0.25) is 0 Å². The molecule has 17 heavy (non-hydrogen) atoms. The van der Waals surface area contributed by atoms with Gasteiger partial charge in [0.1, 0.15) is 5.38 Å². The van der Waals surface area contributed by atoms with Crippen LogP contribution in [-0.2, 0) is 4.79 Å². The molecule has 0 radical (unpaired) electrons. The summed E-state index contributed by atoms with van der Waals surface area (Å²) in [5.41, 5.74) is -1.35. The molecule has 102 valence electrons. The van der Waals surface area contributed by atoms with Crippen molar-refractivity contribution in [1.29, 1.82) is 0 Å². The molecule has 0 heterocycles. The number of halogens is 6.